The first-order valence-corrected chi connectivity index (χ1v) is 12.4. The van der Waals surface area contributed by atoms with Gasteiger partial charge in [-0.3, -0.25) is 19.3 Å². The highest BCUT2D eigenvalue weighted by molar-refractivity contribution is 5.97. The van der Waals surface area contributed by atoms with Crippen LogP contribution in [-0.2, 0) is 18.4 Å². The van der Waals surface area contributed by atoms with Crippen LogP contribution in [0.4, 0.5) is 4.39 Å². The average Bonchev–Trinajstić information content (AvgIpc) is 3.30. The maximum absolute atomic E-state index is 15.2. The molecule has 1 saturated carbocycles. The predicted molar refractivity (Wildman–Crippen MR) is 128 cm³/mol. The first kappa shape index (κ1) is 20.7. The molecule has 3 aromatic rings. The standard InChI is InChI=1S/C28H26FN3O3/c1-16-31(19-7-4-8-19)27(35)25-26(34)24(33)12-13-30(25)32(16)28-18(14-17-6-2-3-9-21(17)28)15-20-22(28)10-5-11-23(20)29/h2-3,5-6,9-13,16,18-19,34H,4,7-8,14-15H2,1H3. The lowest BCUT2D eigenvalue weighted by molar-refractivity contribution is 0.0242. The van der Waals surface area contributed by atoms with Crippen LogP contribution in [0.25, 0.3) is 0 Å². The summed E-state index contributed by atoms with van der Waals surface area (Å²) in [7, 11) is 0. The number of rotatable bonds is 2. The van der Waals surface area contributed by atoms with Gasteiger partial charge >= 0.3 is 0 Å². The molecule has 3 aliphatic carbocycles. The van der Waals surface area contributed by atoms with Crippen molar-refractivity contribution in [1.29, 1.82) is 0 Å². The molecule has 3 unspecified atom stereocenters. The minimum Gasteiger partial charge on any atom is -0.502 e. The lowest BCUT2D eigenvalue weighted by atomic mass is 9.80. The number of hydrogen-bond donors (Lipinski definition) is 1. The second kappa shape index (κ2) is 6.97. The molecule has 35 heavy (non-hydrogen) atoms. The largest absolute Gasteiger partial charge is 0.502 e. The summed E-state index contributed by atoms with van der Waals surface area (Å²) in [6, 6.07) is 14.9. The first-order valence-electron chi connectivity index (χ1n) is 12.4. The Morgan fingerprint density at radius 2 is 1.77 bits per heavy atom. The van der Waals surface area contributed by atoms with Crippen molar-refractivity contribution in [3.8, 4) is 5.75 Å². The van der Waals surface area contributed by atoms with Crippen LogP contribution in [0.2, 0.25) is 0 Å². The van der Waals surface area contributed by atoms with E-state index in [-0.39, 0.29) is 35.5 Å². The number of halogens is 1. The third-order valence-electron chi connectivity index (χ3n) is 8.77. The molecule has 0 saturated heterocycles. The van der Waals surface area contributed by atoms with Gasteiger partial charge in [0.1, 0.15) is 17.5 Å². The molecule has 1 aromatic heterocycles. The molecule has 1 amide bonds. The fourth-order valence-corrected chi connectivity index (χ4v) is 7.18. The van der Waals surface area contributed by atoms with Crippen LogP contribution in [0, 0.1) is 11.7 Å². The van der Waals surface area contributed by atoms with E-state index in [1.807, 2.05) is 30.0 Å². The van der Waals surface area contributed by atoms with Gasteiger partial charge in [-0.25, -0.2) is 4.39 Å². The Kier molecular flexibility index (Phi) is 4.13. The SMILES string of the molecule is CC1N(C2CCC2)C(=O)c2c(O)c(=O)ccn2N1C12c3ccccc3CC1Cc1c(F)cccc12. The van der Waals surface area contributed by atoms with Crippen molar-refractivity contribution in [3.05, 3.63) is 98.7 Å². The molecule has 0 bridgehead atoms. The van der Waals surface area contributed by atoms with E-state index < -0.39 is 16.7 Å². The van der Waals surface area contributed by atoms with Crippen LogP contribution in [-0.4, -0.2) is 32.8 Å². The van der Waals surface area contributed by atoms with Gasteiger partial charge in [0, 0.05) is 24.2 Å². The van der Waals surface area contributed by atoms with Crippen molar-refractivity contribution in [2.24, 2.45) is 5.92 Å². The number of amides is 1. The molecule has 1 N–H and O–H groups in total. The van der Waals surface area contributed by atoms with Gasteiger partial charge in [0.15, 0.2) is 11.4 Å². The smallest absolute Gasteiger partial charge is 0.278 e. The second-order valence-corrected chi connectivity index (χ2v) is 10.3. The third-order valence-corrected chi connectivity index (χ3v) is 8.77. The Morgan fingerprint density at radius 1 is 1.00 bits per heavy atom. The summed E-state index contributed by atoms with van der Waals surface area (Å²) in [6.07, 6.45) is 5.41. The number of carbonyl (C=O) groups is 1. The highest BCUT2D eigenvalue weighted by atomic mass is 19.1. The molecule has 6 nitrogen and oxygen atoms in total. The summed E-state index contributed by atoms with van der Waals surface area (Å²) in [5, 5.41) is 13.0. The summed E-state index contributed by atoms with van der Waals surface area (Å²) in [5.41, 5.74) is 2.57. The Balaban J connectivity index is 1.58. The quantitative estimate of drug-likeness (QED) is 0.620. The van der Waals surface area contributed by atoms with Gasteiger partial charge in [-0.1, -0.05) is 36.4 Å². The number of benzene rings is 2. The number of nitrogens with zero attached hydrogens (tertiary/aromatic N) is 3. The molecule has 2 aromatic carbocycles. The maximum atomic E-state index is 15.2. The Bertz CT molecular complexity index is 1460. The minimum atomic E-state index is -0.744. The topological polar surface area (TPSA) is 65.8 Å². The number of aromatic hydroxyl groups is 1. The zero-order chi connectivity index (χ0) is 24.1. The zero-order valence-corrected chi connectivity index (χ0v) is 19.4. The number of pyridine rings is 1. The van der Waals surface area contributed by atoms with Crippen LogP contribution < -0.4 is 10.4 Å². The molecule has 3 atom stereocenters. The molecule has 0 spiro atoms. The third kappa shape index (κ3) is 2.43. The van der Waals surface area contributed by atoms with E-state index in [1.54, 1.807) is 16.9 Å². The van der Waals surface area contributed by atoms with Gasteiger partial charge in [-0.15, -0.1) is 0 Å². The minimum absolute atomic E-state index is 0.00939. The number of carbonyl (C=O) groups excluding carboxylic acids is 1. The summed E-state index contributed by atoms with van der Waals surface area (Å²) < 4.78 is 16.9. The van der Waals surface area contributed by atoms with Crippen molar-refractivity contribution >= 4 is 5.91 Å². The van der Waals surface area contributed by atoms with Gasteiger partial charge in [0.05, 0.1) is 0 Å². The summed E-state index contributed by atoms with van der Waals surface area (Å²) in [6.45, 7) is 2.01. The van der Waals surface area contributed by atoms with Crippen LogP contribution in [0.3, 0.4) is 0 Å². The monoisotopic (exact) mass is 471 g/mol. The highest BCUT2D eigenvalue weighted by Gasteiger charge is 2.61. The molecule has 0 radical (unpaired) electrons. The lowest BCUT2D eigenvalue weighted by Crippen LogP contribution is -2.70. The van der Waals surface area contributed by atoms with Gasteiger partial charge in [-0.2, -0.15) is 0 Å². The fourth-order valence-electron chi connectivity index (χ4n) is 7.18. The van der Waals surface area contributed by atoms with E-state index in [0.717, 1.165) is 36.8 Å². The summed E-state index contributed by atoms with van der Waals surface area (Å²) in [4.78, 5) is 28.1. The Morgan fingerprint density at radius 3 is 2.54 bits per heavy atom. The second-order valence-electron chi connectivity index (χ2n) is 10.3. The molecule has 4 aliphatic rings. The summed E-state index contributed by atoms with van der Waals surface area (Å²) >= 11 is 0. The van der Waals surface area contributed by atoms with Crippen LogP contribution >= 0.6 is 0 Å². The van der Waals surface area contributed by atoms with Crippen LogP contribution in [0.15, 0.2) is 59.5 Å². The van der Waals surface area contributed by atoms with Crippen molar-refractivity contribution in [3.63, 3.8) is 0 Å². The maximum Gasteiger partial charge on any atom is 0.278 e. The van der Waals surface area contributed by atoms with E-state index in [2.05, 4.69) is 17.1 Å². The first-order chi connectivity index (χ1) is 16.9. The Hall–Kier alpha value is -3.61. The van der Waals surface area contributed by atoms with Gasteiger partial charge < -0.3 is 10.0 Å². The van der Waals surface area contributed by atoms with Gasteiger partial charge in [-0.05, 0) is 67.3 Å². The fraction of sp³-hybridized carbons (Fsp3) is 0.357. The molecular formula is C28H26FN3O3. The molecule has 7 rings (SSSR count). The molecule has 178 valence electrons. The van der Waals surface area contributed by atoms with E-state index in [4.69, 9.17) is 0 Å². The Labute approximate surface area is 202 Å². The van der Waals surface area contributed by atoms with Crippen LogP contribution in [0.5, 0.6) is 5.75 Å². The average molecular weight is 472 g/mol. The van der Waals surface area contributed by atoms with Crippen molar-refractivity contribution in [2.45, 2.75) is 56.8 Å². The number of aromatic nitrogens is 1. The lowest BCUT2D eigenvalue weighted by Gasteiger charge is -2.56. The van der Waals surface area contributed by atoms with Gasteiger partial charge in [0.25, 0.3) is 5.91 Å². The van der Waals surface area contributed by atoms with E-state index in [0.29, 0.717) is 12.0 Å². The zero-order valence-electron chi connectivity index (χ0n) is 19.4. The van der Waals surface area contributed by atoms with Crippen molar-refractivity contribution in [1.82, 2.24) is 9.58 Å². The predicted octanol–water partition coefficient (Wildman–Crippen LogP) is 3.66. The van der Waals surface area contributed by atoms with Crippen LogP contribution in [0.1, 0.15) is 58.9 Å². The van der Waals surface area contributed by atoms with Gasteiger partial charge in [0.2, 0.25) is 5.43 Å². The van der Waals surface area contributed by atoms with Crippen molar-refractivity contribution in [2.75, 3.05) is 5.01 Å². The molecule has 2 heterocycles. The molecule has 1 aliphatic heterocycles. The number of hydrogen-bond acceptors (Lipinski definition) is 4. The van der Waals surface area contributed by atoms with E-state index >= 15 is 4.39 Å². The molecule has 7 heteroatoms. The molecule has 1 fully saturated rings. The summed E-state index contributed by atoms with van der Waals surface area (Å²) in [5.74, 6) is -1.03. The molecular weight excluding hydrogens is 445 g/mol. The van der Waals surface area contributed by atoms with E-state index in [9.17, 15) is 14.7 Å². The van der Waals surface area contributed by atoms with E-state index in [1.165, 1.54) is 17.7 Å². The number of fused-ring (bicyclic) bond motifs is 6. The highest BCUT2D eigenvalue weighted by Crippen LogP contribution is 2.58. The normalized spacial score (nSPS) is 26.7. The van der Waals surface area contributed by atoms with Crippen molar-refractivity contribution < 1.29 is 14.3 Å².